The Bertz CT molecular complexity index is 1150. The van der Waals surface area contributed by atoms with Gasteiger partial charge in [-0.15, -0.1) is 0 Å². The minimum Gasteiger partial charge on any atom is -0.479 e. The van der Waals surface area contributed by atoms with Crippen LogP contribution in [0.5, 0.6) is 0 Å². The van der Waals surface area contributed by atoms with Crippen LogP contribution in [0.3, 0.4) is 0 Å². The molecule has 0 bridgehead atoms. The number of piperidine rings is 1. The lowest BCUT2D eigenvalue weighted by Crippen LogP contribution is -2.50. The topological polar surface area (TPSA) is 207 Å². The molecule has 3 rings (SSSR count). The van der Waals surface area contributed by atoms with Gasteiger partial charge in [-0.1, -0.05) is 0 Å². The van der Waals surface area contributed by atoms with Crippen molar-refractivity contribution < 1.29 is 44.3 Å². The van der Waals surface area contributed by atoms with Gasteiger partial charge >= 0.3 is 11.9 Å². The van der Waals surface area contributed by atoms with Gasteiger partial charge in [0.15, 0.2) is 12.2 Å². The molecule has 2 atom stereocenters. The van der Waals surface area contributed by atoms with Crippen LogP contribution in [0.2, 0.25) is 0 Å². The lowest BCUT2D eigenvalue weighted by Gasteiger charge is -2.38. The molecule has 1 fully saturated rings. The Balaban J connectivity index is 0.000000432. The van der Waals surface area contributed by atoms with E-state index in [1.54, 1.807) is 38.2 Å². The molecule has 0 saturated carbocycles. The molecule has 1 aliphatic heterocycles. The number of carboxylic acid groups (broad SMARTS) is 2. The Labute approximate surface area is 226 Å². The Morgan fingerprint density at radius 2 is 1.76 bits per heavy atom. The van der Waals surface area contributed by atoms with Crippen LogP contribution in [-0.2, 0) is 9.59 Å². The van der Waals surface area contributed by atoms with Crippen molar-refractivity contribution in [3.05, 3.63) is 34.4 Å². The number of aliphatic carboxylic acids is 2. The quantitative estimate of drug-likeness (QED) is 0.210. The van der Waals surface area contributed by atoms with Gasteiger partial charge in [0, 0.05) is 35.7 Å². The van der Waals surface area contributed by atoms with Crippen LogP contribution in [-0.4, -0.2) is 103 Å². The summed E-state index contributed by atoms with van der Waals surface area (Å²) in [5.41, 5.74) is 5.16. The number of aliphatic hydroxyl groups is 3. The summed E-state index contributed by atoms with van der Waals surface area (Å²) < 4.78 is 15.8. The zero-order chi connectivity index (χ0) is 28.8. The lowest BCUT2D eigenvalue weighted by molar-refractivity contribution is -0.165. The number of benzene rings is 1. The van der Waals surface area contributed by atoms with Gasteiger partial charge in [0.25, 0.3) is 5.91 Å². The molecule has 2 heterocycles. The third-order valence-electron chi connectivity index (χ3n) is 5.86. The van der Waals surface area contributed by atoms with Crippen molar-refractivity contribution >= 4 is 50.4 Å². The maximum atomic E-state index is 15.2. The number of hydrogen-bond donors (Lipinski definition) is 7. The van der Waals surface area contributed by atoms with Crippen molar-refractivity contribution in [1.82, 2.24) is 15.2 Å². The molecule has 38 heavy (non-hydrogen) atoms. The second-order valence-corrected chi connectivity index (χ2v) is 10.6. The Hall–Kier alpha value is -2.91. The first-order valence-corrected chi connectivity index (χ1v) is 12.4. The van der Waals surface area contributed by atoms with Gasteiger partial charge in [0.2, 0.25) is 0 Å². The highest BCUT2D eigenvalue weighted by Crippen LogP contribution is 2.31. The molecule has 2 unspecified atom stereocenters. The molecule has 0 aliphatic carbocycles. The summed E-state index contributed by atoms with van der Waals surface area (Å²) in [5, 5.41) is 45.9. The van der Waals surface area contributed by atoms with Gasteiger partial charge in [0.05, 0.1) is 28.9 Å². The first-order chi connectivity index (χ1) is 17.5. The normalized spacial score (nSPS) is 17.1. The SMILES string of the molecule is CC(C)(O)CN1CCC(F)(CNC(=O)c2cc(Br)c(N)c3cccnc23)CC1.O=C(O)C(O)C(O)C(=O)O. The van der Waals surface area contributed by atoms with Crippen LogP contribution in [0.25, 0.3) is 10.9 Å². The predicted octanol–water partition coefficient (Wildman–Crippen LogP) is 0.762. The number of fused-ring (bicyclic) bond motifs is 1. The smallest absolute Gasteiger partial charge is 0.335 e. The number of carboxylic acids is 2. The van der Waals surface area contributed by atoms with Crippen LogP contribution in [0, 0.1) is 0 Å². The summed E-state index contributed by atoms with van der Waals surface area (Å²) in [7, 11) is 0. The van der Waals surface area contributed by atoms with E-state index in [-0.39, 0.29) is 12.5 Å². The number of nitrogens with one attached hydrogen (secondary N) is 1. The summed E-state index contributed by atoms with van der Waals surface area (Å²) in [6.07, 6.45) is -2.31. The predicted molar refractivity (Wildman–Crippen MR) is 139 cm³/mol. The molecule has 12 nitrogen and oxygen atoms in total. The van der Waals surface area contributed by atoms with E-state index < -0.39 is 35.4 Å². The summed E-state index contributed by atoms with van der Waals surface area (Å²) in [5.74, 6) is -3.91. The number of β-amino-alcohol motifs (C(OH)–C–C–N with tert-alkyl or cyclic N) is 1. The van der Waals surface area contributed by atoms with Gasteiger partial charge in [-0.2, -0.15) is 0 Å². The number of rotatable bonds is 8. The lowest BCUT2D eigenvalue weighted by atomic mass is 9.92. The molecule has 0 spiro atoms. The molecule has 8 N–H and O–H groups in total. The Kier molecular flexibility index (Phi) is 10.5. The number of pyridine rings is 1. The van der Waals surface area contributed by atoms with E-state index in [1.165, 1.54) is 0 Å². The summed E-state index contributed by atoms with van der Waals surface area (Å²) in [4.78, 5) is 38.6. The van der Waals surface area contributed by atoms with Crippen molar-refractivity contribution in [2.45, 2.75) is 50.2 Å². The molecule has 14 heteroatoms. The number of nitrogen functional groups attached to an aromatic ring is 1. The van der Waals surface area contributed by atoms with E-state index >= 15 is 4.39 Å². The summed E-state index contributed by atoms with van der Waals surface area (Å²) in [6.45, 7) is 5.04. The largest absolute Gasteiger partial charge is 0.479 e. The molecule has 1 aliphatic rings. The van der Waals surface area contributed by atoms with E-state index in [4.69, 9.17) is 26.2 Å². The number of amides is 1. The minimum absolute atomic E-state index is 0.0570. The number of carbonyl (C=O) groups excluding carboxylic acids is 1. The highest BCUT2D eigenvalue weighted by molar-refractivity contribution is 9.10. The fraction of sp³-hybridized carbons (Fsp3) is 0.500. The Morgan fingerprint density at radius 1 is 1.21 bits per heavy atom. The second-order valence-electron chi connectivity index (χ2n) is 9.71. The van der Waals surface area contributed by atoms with Crippen molar-refractivity contribution in [1.29, 1.82) is 0 Å². The third-order valence-corrected chi connectivity index (χ3v) is 6.52. The van der Waals surface area contributed by atoms with Crippen molar-refractivity contribution in [3.8, 4) is 0 Å². The zero-order valence-electron chi connectivity index (χ0n) is 20.9. The molecule has 1 aromatic heterocycles. The number of halogens is 2. The van der Waals surface area contributed by atoms with Crippen molar-refractivity contribution in [2.75, 3.05) is 31.9 Å². The molecule has 1 aromatic carbocycles. The standard InChI is InChI=1S/C20H26BrFN4O2.C4H6O6/c1-19(2,28)12-26-8-5-20(22,6-9-26)11-25-18(27)14-10-15(21)16(23)13-4-3-7-24-17(13)14;5-1(3(7)8)2(6)4(9)10/h3-4,7,10,28H,5-6,8-9,11-12,23H2,1-2H3,(H,25,27);1-2,5-6H,(H,7,8)(H,9,10). The number of aliphatic hydroxyl groups excluding tert-OH is 2. The zero-order valence-corrected chi connectivity index (χ0v) is 22.5. The number of anilines is 1. The maximum absolute atomic E-state index is 15.2. The van der Waals surface area contributed by atoms with Gasteiger partial charge in [0.1, 0.15) is 5.67 Å². The highest BCUT2D eigenvalue weighted by atomic mass is 79.9. The van der Waals surface area contributed by atoms with Crippen molar-refractivity contribution in [2.24, 2.45) is 0 Å². The maximum Gasteiger partial charge on any atom is 0.335 e. The van der Waals surface area contributed by atoms with E-state index in [0.717, 1.165) is 0 Å². The Morgan fingerprint density at radius 3 is 2.26 bits per heavy atom. The fourth-order valence-electron chi connectivity index (χ4n) is 3.85. The average Bonchev–Trinajstić information content (AvgIpc) is 2.85. The van der Waals surface area contributed by atoms with Crippen LogP contribution < -0.4 is 11.1 Å². The molecular weight excluding hydrogens is 571 g/mol. The number of hydrogen-bond acceptors (Lipinski definition) is 9. The first kappa shape index (κ1) is 31.3. The minimum atomic E-state index is -2.27. The van der Waals surface area contributed by atoms with E-state index in [1.807, 2.05) is 4.90 Å². The van der Waals surface area contributed by atoms with Crippen LogP contribution in [0.4, 0.5) is 10.1 Å². The highest BCUT2D eigenvalue weighted by Gasteiger charge is 2.36. The molecule has 1 amide bonds. The van der Waals surface area contributed by atoms with Gasteiger partial charge in [-0.25, -0.2) is 14.0 Å². The number of likely N-dealkylation sites (tertiary alicyclic amines) is 1. The molecule has 0 radical (unpaired) electrons. The van der Waals surface area contributed by atoms with Crippen LogP contribution in [0.15, 0.2) is 28.9 Å². The summed E-state index contributed by atoms with van der Waals surface area (Å²) >= 11 is 3.37. The van der Waals surface area contributed by atoms with Gasteiger partial charge in [-0.05, 0) is 60.8 Å². The molecule has 1 saturated heterocycles. The number of alkyl halides is 1. The average molecular weight is 603 g/mol. The first-order valence-electron chi connectivity index (χ1n) is 11.6. The van der Waals surface area contributed by atoms with Gasteiger partial charge in [-0.3, -0.25) is 9.78 Å². The van der Waals surface area contributed by atoms with Crippen LogP contribution in [0.1, 0.15) is 37.0 Å². The third kappa shape index (κ3) is 8.56. The molecule has 2 aromatic rings. The number of nitrogens with zero attached hydrogens (tertiary/aromatic N) is 2. The van der Waals surface area contributed by atoms with E-state index in [2.05, 4.69) is 26.2 Å². The fourth-order valence-corrected chi connectivity index (χ4v) is 4.29. The summed E-state index contributed by atoms with van der Waals surface area (Å²) in [6, 6.07) is 5.18. The molecule has 210 valence electrons. The number of aromatic nitrogens is 1. The van der Waals surface area contributed by atoms with Gasteiger partial charge < -0.3 is 41.5 Å². The number of nitrogens with two attached hydrogens (primary N) is 1. The van der Waals surface area contributed by atoms with Crippen LogP contribution >= 0.6 is 15.9 Å². The van der Waals surface area contributed by atoms with E-state index in [0.29, 0.717) is 59.1 Å². The van der Waals surface area contributed by atoms with Crippen molar-refractivity contribution in [3.63, 3.8) is 0 Å². The second kappa shape index (κ2) is 12.8. The van der Waals surface area contributed by atoms with E-state index in [9.17, 15) is 19.5 Å². The number of carbonyl (C=O) groups is 3. The molecular formula is C24H32BrFN4O8. The monoisotopic (exact) mass is 602 g/mol.